The summed E-state index contributed by atoms with van der Waals surface area (Å²) in [4.78, 5) is 23.3. The molecule has 0 spiro atoms. The predicted octanol–water partition coefficient (Wildman–Crippen LogP) is 3.09. The molecule has 1 amide bonds. The molecule has 0 aromatic heterocycles. The number of benzene rings is 2. The van der Waals surface area contributed by atoms with E-state index in [2.05, 4.69) is 21.9 Å². The van der Waals surface area contributed by atoms with Crippen LogP contribution < -0.4 is 15.4 Å². The molecule has 0 fully saturated rings. The van der Waals surface area contributed by atoms with Crippen molar-refractivity contribution in [1.82, 2.24) is 0 Å². The Morgan fingerprint density at radius 2 is 1.68 bits per heavy atom. The largest absolute Gasteiger partial charge is 0.490 e. The molecule has 6 nitrogen and oxygen atoms in total. The van der Waals surface area contributed by atoms with Gasteiger partial charge in [0.05, 0.1) is 19.2 Å². The van der Waals surface area contributed by atoms with Gasteiger partial charge in [-0.3, -0.25) is 4.79 Å². The van der Waals surface area contributed by atoms with Crippen LogP contribution in [0.5, 0.6) is 5.75 Å². The first-order valence-corrected chi connectivity index (χ1v) is 7.68. The molecule has 0 bridgehead atoms. The highest BCUT2D eigenvalue weighted by molar-refractivity contribution is 5.95. The molecule has 2 aromatic carbocycles. The number of anilines is 2. The lowest BCUT2D eigenvalue weighted by Crippen LogP contribution is -2.21. The maximum atomic E-state index is 12.0. The zero-order valence-corrected chi connectivity index (χ0v) is 14.0. The van der Waals surface area contributed by atoms with Crippen LogP contribution in [0, 0.1) is 0 Å². The van der Waals surface area contributed by atoms with Crippen LogP contribution in [0.25, 0.3) is 0 Å². The zero-order valence-electron chi connectivity index (χ0n) is 14.0. The highest BCUT2D eigenvalue weighted by Gasteiger charge is 2.06. The standard InChI is InChI=1S/C19H20N2O4/c1-3-12-25-17-10-8-15(9-11-17)20-13-18(22)21-16-6-4-14(5-7-16)19(23)24-2/h3-11,20H,1,12-13H2,2H3,(H,21,22). The number of nitrogens with one attached hydrogen (secondary N) is 2. The minimum atomic E-state index is -0.417. The summed E-state index contributed by atoms with van der Waals surface area (Å²) in [6, 6.07) is 13.8. The van der Waals surface area contributed by atoms with Gasteiger partial charge >= 0.3 is 5.97 Å². The second-order valence-corrected chi connectivity index (χ2v) is 5.09. The maximum absolute atomic E-state index is 12.0. The fourth-order valence-electron chi connectivity index (χ4n) is 2.02. The smallest absolute Gasteiger partial charge is 0.337 e. The van der Waals surface area contributed by atoms with Crippen molar-refractivity contribution in [3.63, 3.8) is 0 Å². The van der Waals surface area contributed by atoms with Crippen LogP contribution in [0.2, 0.25) is 0 Å². The average molecular weight is 340 g/mol. The molecule has 0 atom stereocenters. The molecule has 0 saturated carbocycles. The van der Waals surface area contributed by atoms with Crippen molar-refractivity contribution in [2.24, 2.45) is 0 Å². The Balaban J connectivity index is 1.82. The van der Waals surface area contributed by atoms with Crippen LogP contribution in [0.15, 0.2) is 61.2 Å². The van der Waals surface area contributed by atoms with E-state index in [-0.39, 0.29) is 12.5 Å². The van der Waals surface area contributed by atoms with Gasteiger partial charge in [-0.15, -0.1) is 0 Å². The lowest BCUT2D eigenvalue weighted by atomic mass is 10.2. The third kappa shape index (κ3) is 5.69. The number of ether oxygens (including phenoxy) is 2. The SMILES string of the molecule is C=CCOc1ccc(NCC(=O)Nc2ccc(C(=O)OC)cc2)cc1. The number of amides is 1. The van der Waals surface area contributed by atoms with E-state index in [1.54, 1.807) is 30.3 Å². The van der Waals surface area contributed by atoms with Crippen LogP contribution in [0.4, 0.5) is 11.4 Å². The van der Waals surface area contributed by atoms with Crippen LogP contribution >= 0.6 is 0 Å². The summed E-state index contributed by atoms with van der Waals surface area (Å²) in [5, 5.41) is 5.77. The fraction of sp³-hybridized carbons (Fsp3) is 0.158. The molecular formula is C19H20N2O4. The van der Waals surface area contributed by atoms with Gasteiger partial charge in [0.15, 0.2) is 0 Å². The summed E-state index contributed by atoms with van der Waals surface area (Å²) < 4.78 is 10.0. The number of rotatable bonds is 8. The Bertz CT molecular complexity index is 724. The molecule has 0 saturated heterocycles. The van der Waals surface area contributed by atoms with Gasteiger partial charge < -0.3 is 20.1 Å². The number of carbonyl (C=O) groups excluding carboxylic acids is 2. The summed E-state index contributed by atoms with van der Waals surface area (Å²) >= 11 is 0. The maximum Gasteiger partial charge on any atom is 0.337 e. The Morgan fingerprint density at radius 3 is 2.28 bits per heavy atom. The van der Waals surface area contributed by atoms with Crippen molar-refractivity contribution in [2.75, 3.05) is 30.9 Å². The lowest BCUT2D eigenvalue weighted by Gasteiger charge is -2.09. The van der Waals surface area contributed by atoms with Gasteiger partial charge in [-0.2, -0.15) is 0 Å². The van der Waals surface area contributed by atoms with Crippen molar-refractivity contribution in [2.45, 2.75) is 0 Å². The molecule has 0 aliphatic carbocycles. The molecule has 2 N–H and O–H groups in total. The average Bonchev–Trinajstić information content (AvgIpc) is 2.65. The third-order valence-corrected chi connectivity index (χ3v) is 3.26. The molecule has 6 heteroatoms. The predicted molar refractivity (Wildman–Crippen MR) is 97.0 cm³/mol. The van der Waals surface area contributed by atoms with Gasteiger partial charge in [-0.05, 0) is 48.5 Å². The Labute approximate surface area is 146 Å². The summed E-state index contributed by atoms with van der Waals surface area (Å²) in [6.07, 6.45) is 1.67. The Hall–Kier alpha value is -3.28. The molecule has 2 aromatic rings. The molecular weight excluding hydrogens is 320 g/mol. The Kier molecular flexibility index (Phi) is 6.59. The monoisotopic (exact) mass is 340 g/mol. The number of esters is 1. The van der Waals surface area contributed by atoms with E-state index in [1.165, 1.54) is 7.11 Å². The van der Waals surface area contributed by atoms with E-state index in [0.717, 1.165) is 11.4 Å². The molecule has 130 valence electrons. The minimum absolute atomic E-state index is 0.117. The normalized spacial score (nSPS) is 9.80. The van der Waals surface area contributed by atoms with Crippen LogP contribution in [0.1, 0.15) is 10.4 Å². The number of carbonyl (C=O) groups is 2. The van der Waals surface area contributed by atoms with Crippen molar-refractivity contribution in [3.8, 4) is 5.75 Å². The van der Waals surface area contributed by atoms with Crippen LogP contribution in [-0.2, 0) is 9.53 Å². The molecule has 0 aliphatic rings. The van der Waals surface area contributed by atoms with E-state index < -0.39 is 5.97 Å². The number of hydrogen-bond donors (Lipinski definition) is 2. The number of hydrogen-bond acceptors (Lipinski definition) is 5. The van der Waals surface area contributed by atoms with Gasteiger partial charge in [0.2, 0.25) is 5.91 Å². The van der Waals surface area contributed by atoms with Gasteiger partial charge in [-0.1, -0.05) is 12.7 Å². The molecule has 0 heterocycles. The minimum Gasteiger partial charge on any atom is -0.490 e. The van der Waals surface area contributed by atoms with Gasteiger partial charge in [-0.25, -0.2) is 4.79 Å². The van der Waals surface area contributed by atoms with Gasteiger partial charge in [0.25, 0.3) is 0 Å². The van der Waals surface area contributed by atoms with Crippen LogP contribution in [-0.4, -0.2) is 32.1 Å². The lowest BCUT2D eigenvalue weighted by molar-refractivity contribution is -0.114. The summed E-state index contributed by atoms with van der Waals surface area (Å²) in [7, 11) is 1.32. The van der Waals surface area contributed by atoms with Crippen molar-refractivity contribution in [1.29, 1.82) is 0 Å². The number of methoxy groups -OCH3 is 1. The molecule has 0 unspecified atom stereocenters. The summed E-state index contributed by atoms with van der Waals surface area (Å²) in [5.41, 5.74) is 1.84. The highest BCUT2D eigenvalue weighted by atomic mass is 16.5. The highest BCUT2D eigenvalue weighted by Crippen LogP contribution is 2.15. The first-order valence-electron chi connectivity index (χ1n) is 7.68. The van der Waals surface area contributed by atoms with Crippen LogP contribution in [0.3, 0.4) is 0 Å². The van der Waals surface area contributed by atoms with Crippen molar-refractivity contribution >= 4 is 23.3 Å². The van der Waals surface area contributed by atoms with Gasteiger partial charge in [0, 0.05) is 11.4 Å². The fourth-order valence-corrected chi connectivity index (χ4v) is 2.02. The van der Waals surface area contributed by atoms with E-state index in [1.807, 2.05) is 24.3 Å². The second-order valence-electron chi connectivity index (χ2n) is 5.09. The van der Waals surface area contributed by atoms with Gasteiger partial charge in [0.1, 0.15) is 12.4 Å². The zero-order chi connectivity index (χ0) is 18.1. The van der Waals surface area contributed by atoms with E-state index >= 15 is 0 Å². The molecule has 0 radical (unpaired) electrons. The molecule has 25 heavy (non-hydrogen) atoms. The Morgan fingerprint density at radius 1 is 1.04 bits per heavy atom. The van der Waals surface area contributed by atoms with E-state index in [4.69, 9.17) is 4.74 Å². The third-order valence-electron chi connectivity index (χ3n) is 3.26. The van der Waals surface area contributed by atoms with Crippen molar-refractivity contribution < 1.29 is 19.1 Å². The van der Waals surface area contributed by atoms with E-state index in [9.17, 15) is 9.59 Å². The quantitative estimate of drug-likeness (QED) is 0.570. The molecule has 2 rings (SSSR count). The summed E-state index contributed by atoms with van der Waals surface area (Å²) in [5.74, 6) is 0.124. The van der Waals surface area contributed by atoms with Crippen molar-refractivity contribution in [3.05, 3.63) is 66.7 Å². The molecule has 0 aliphatic heterocycles. The topological polar surface area (TPSA) is 76.7 Å². The first-order chi connectivity index (χ1) is 12.1. The summed E-state index contributed by atoms with van der Waals surface area (Å²) in [6.45, 7) is 4.15. The first kappa shape index (κ1) is 18.1. The van der Waals surface area contributed by atoms with E-state index in [0.29, 0.717) is 17.9 Å². The second kappa shape index (κ2) is 9.12.